The summed E-state index contributed by atoms with van der Waals surface area (Å²) in [6.07, 6.45) is 4.90. The van der Waals surface area contributed by atoms with Gasteiger partial charge in [0, 0.05) is 12.6 Å². The largest absolute Gasteiger partial charge is 0.492 e. The molecule has 2 unspecified atom stereocenters. The highest BCUT2D eigenvalue weighted by atomic mass is 32.2. The average molecular weight is 408 g/mol. The van der Waals surface area contributed by atoms with Gasteiger partial charge >= 0.3 is 0 Å². The lowest BCUT2D eigenvalue weighted by atomic mass is 9.83. The van der Waals surface area contributed by atoms with Crippen molar-refractivity contribution in [1.82, 2.24) is 10.2 Å². The molecule has 1 aromatic rings. The Labute approximate surface area is 166 Å². The summed E-state index contributed by atoms with van der Waals surface area (Å²) < 4.78 is 30.0. The molecule has 4 aliphatic rings. The van der Waals surface area contributed by atoms with E-state index in [2.05, 4.69) is 17.1 Å². The number of ether oxygens (including phenoxy) is 1. The molecule has 2 atom stereocenters. The number of primary sulfonamides is 1. The molecule has 154 valence electrons. The summed E-state index contributed by atoms with van der Waals surface area (Å²) in [5, 5.41) is 8.55. The van der Waals surface area contributed by atoms with Gasteiger partial charge in [-0.1, -0.05) is 13.3 Å². The van der Waals surface area contributed by atoms with E-state index in [1.165, 1.54) is 6.07 Å². The number of fused-ring (bicyclic) bond motifs is 4. The number of sulfonamides is 1. The Kier molecular flexibility index (Phi) is 5.37. The van der Waals surface area contributed by atoms with Gasteiger partial charge in [-0.3, -0.25) is 4.79 Å². The molecular formula is C20H29N3O4S. The van der Waals surface area contributed by atoms with Crippen LogP contribution in [0, 0.1) is 5.92 Å². The highest BCUT2D eigenvalue weighted by Gasteiger charge is 2.36. The zero-order valence-corrected chi connectivity index (χ0v) is 17.1. The van der Waals surface area contributed by atoms with Gasteiger partial charge in [0.05, 0.1) is 17.1 Å². The number of hydrogen-bond acceptors (Lipinski definition) is 5. The van der Waals surface area contributed by atoms with E-state index in [1.807, 2.05) is 0 Å². The first kappa shape index (κ1) is 19.7. The fraction of sp³-hybridized carbons (Fsp3) is 0.650. The topological polar surface area (TPSA) is 102 Å². The minimum absolute atomic E-state index is 0.0167. The number of piperidine rings is 3. The van der Waals surface area contributed by atoms with E-state index in [4.69, 9.17) is 9.88 Å². The molecule has 8 heteroatoms. The smallest absolute Gasteiger partial charge is 0.255 e. The fourth-order valence-electron chi connectivity index (χ4n) is 4.90. The van der Waals surface area contributed by atoms with E-state index in [9.17, 15) is 13.2 Å². The highest BCUT2D eigenvalue weighted by molar-refractivity contribution is 7.89. The summed E-state index contributed by atoms with van der Waals surface area (Å²) >= 11 is 0. The van der Waals surface area contributed by atoms with Crippen molar-refractivity contribution >= 4 is 15.9 Å². The number of nitrogens with zero attached hydrogens (tertiary/aromatic N) is 1. The quantitative estimate of drug-likeness (QED) is 0.775. The summed E-state index contributed by atoms with van der Waals surface area (Å²) in [6.45, 7) is 5.67. The van der Waals surface area contributed by atoms with Crippen molar-refractivity contribution < 1.29 is 17.9 Å². The van der Waals surface area contributed by atoms with E-state index in [-0.39, 0.29) is 22.8 Å². The Hall–Kier alpha value is -1.64. The minimum Gasteiger partial charge on any atom is -0.492 e. The Bertz CT molecular complexity index is 862. The third-order valence-corrected chi connectivity index (χ3v) is 7.32. The van der Waals surface area contributed by atoms with Crippen molar-refractivity contribution in [3.63, 3.8) is 0 Å². The first-order valence-electron chi connectivity index (χ1n) is 10.2. The first-order valence-corrected chi connectivity index (χ1v) is 11.8. The second kappa shape index (κ2) is 7.65. The Morgan fingerprint density at radius 2 is 2.04 bits per heavy atom. The van der Waals surface area contributed by atoms with Crippen LogP contribution >= 0.6 is 0 Å². The number of rotatable bonds is 5. The maximum absolute atomic E-state index is 13.2. The Balaban J connectivity index is 1.69. The highest BCUT2D eigenvalue weighted by Crippen LogP contribution is 2.40. The molecule has 2 bridgehead atoms. The van der Waals surface area contributed by atoms with E-state index < -0.39 is 10.0 Å². The lowest BCUT2D eigenvalue weighted by molar-refractivity contribution is 0.0617. The molecule has 1 aromatic carbocycles. The third-order valence-electron chi connectivity index (χ3n) is 6.43. The molecule has 28 heavy (non-hydrogen) atoms. The molecule has 1 amide bonds. The van der Waals surface area contributed by atoms with E-state index in [0.717, 1.165) is 57.3 Å². The van der Waals surface area contributed by atoms with Crippen LogP contribution in [0.4, 0.5) is 0 Å². The van der Waals surface area contributed by atoms with Crippen molar-refractivity contribution in [3.05, 3.63) is 23.3 Å². The number of benzene rings is 1. The van der Waals surface area contributed by atoms with Gasteiger partial charge in [-0.15, -0.1) is 0 Å². The van der Waals surface area contributed by atoms with Crippen LogP contribution in [0.2, 0.25) is 0 Å². The van der Waals surface area contributed by atoms with Gasteiger partial charge in [0.15, 0.2) is 0 Å². The standard InChI is InChI=1S/C20H29N3O4S/c1-2-3-13-6-9-27-19-16(13)10-15(28(21,25)26)11-17(19)20(24)22-18-12-23-7-4-14(18)5-8-23/h10-11,13-14,18H,2-9,12H2,1H3,(H,22,24)(H2,21,25,26). The van der Waals surface area contributed by atoms with Crippen LogP contribution < -0.4 is 15.2 Å². The molecule has 0 aromatic heterocycles. The molecular weight excluding hydrogens is 378 g/mol. The normalized spacial score (nSPS) is 29.1. The van der Waals surface area contributed by atoms with Gasteiger partial charge in [-0.25, -0.2) is 13.6 Å². The number of amides is 1. The van der Waals surface area contributed by atoms with Crippen molar-refractivity contribution in [2.45, 2.75) is 55.9 Å². The SMILES string of the molecule is CCCC1CCOc2c(C(=O)NC3CN4CCC3CC4)cc(S(N)(=O)=O)cc21. The summed E-state index contributed by atoms with van der Waals surface area (Å²) in [5.74, 6) is 0.923. The summed E-state index contributed by atoms with van der Waals surface area (Å²) in [5.41, 5.74) is 1.08. The molecule has 3 saturated heterocycles. The predicted molar refractivity (Wildman–Crippen MR) is 106 cm³/mol. The zero-order valence-electron chi connectivity index (χ0n) is 16.3. The van der Waals surface area contributed by atoms with Crippen molar-refractivity contribution in [1.29, 1.82) is 0 Å². The fourth-order valence-corrected chi connectivity index (χ4v) is 5.48. The first-order chi connectivity index (χ1) is 13.4. The Morgan fingerprint density at radius 1 is 1.29 bits per heavy atom. The van der Waals surface area contributed by atoms with Gasteiger partial charge < -0.3 is 15.0 Å². The maximum atomic E-state index is 13.2. The van der Waals surface area contributed by atoms with E-state index in [0.29, 0.717) is 23.8 Å². The van der Waals surface area contributed by atoms with Gasteiger partial charge in [0.1, 0.15) is 5.75 Å². The van der Waals surface area contributed by atoms with Crippen molar-refractivity contribution in [2.24, 2.45) is 11.1 Å². The van der Waals surface area contributed by atoms with Gasteiger partial charge in [0.25, 0.3) is 5.91 Å². The summed E-state index contributed by atoms with van der Waals surface area (Å²) in [4.78, 5) is 15.5. The van der Waals surface area contributed by atoms with Crippen LogP contribution in [0.5, 0.6) is 5.75 Å². The van der Waals surface area contributed by atoms with Crippen LogP contribution in [0.3, 0.4) is 0 Å². The van der Waals surface area contributed by atoms with E-state index >= 15 is 0 Å². The molecule has 3 fully saturated rings. The van der Waals surface area contributed by atoms with Gasteiger partial charge in [-0.05, 0) is 68.3 Å². The third kappa shape index (κ3) is 3.77. The monoisotopic (exact) mass is 407 g/mol. The van der Waals surface area contributed by atoms with Crippen molar-refractivity contribution in [2.75, 3.05) is 26.2 Å². The van der Waals surface area contributed by atoms with Crippen LogP contribution in [-0.2, 0) is 10.0 Å². The van der Waals surface area contributed by atoms with Gasteiger partial charge in [0.2, 0.25) is 10.0 Å². The minimum atomic E-state index is -3.92. The molecule has 0 aliphatic carbocycles. The zero-order chi connectivity index (χ0) is 19.9. The molecule has 0 radical (unpaired) electrons. The van der Waals surface area contributed by atoms with Crippen LogP contribution in [0.1, 0.15) is 60.9 Å². The van der Waals surface area contributed by atoms with E-state index in [1.54, 1.807) is 6.07 Å². The molecule has 7 nitrogen and oxygen atoms in total. The lowest BCUT2D eigenvalue weighted by Crippen LogP contribution is -2.57. The number of nitrogens with two attached hydrogens (primary N) is 1. The van der Waals surface area contributed by atoms with Gasteiger partial charge in [-0.2, -0.15) is 0 Å². The molecule has 0 saturated carbocycles. The van der Waals surface area contributed by atoms with Crippen molar-refractivity contribution in [3.8, 4) is 5.75 Å². The number of carbonyl (C=O) groups is 1. The molecule has 0 spiro atoms. The second-order valence-electron chi connectivity index (χ2n) is 8.27. The summed E-state index contributed by atoms with van der Waals surface area (Å²) in [6, 6.07) is 3.06. The Morgan fingerprint density at radius 3 is 2.64 bits per heavy atom. The van der Waals surface area contributed by atoms with Crippen LogP contribution in [0.25, 0.3) is 0 Å². The number of carbonyl (C=O) groups excluding carboxylic acids is 1. The maximum Gasteiger partial charge on any atom is 0.255 e. The number of nitrogens with one attached hydrogen (secondary N) is 1. The second-order valence-corrected chi connectivity index (χ2v) is 9.84. The molecule has 4 heterocycles. The van der Waals surface area contributed by atoms with Crippen LogP contribution in [0.15, 0.2) is 17.0 Å². The molecule has 4 aliphatic heterocycles. The molecule has 5 rings (SSSR count). The molecule has 3 N–H and O–H groups in total. The van der Waals surface area contributed by atoms with Crippen LogP contribution in [-0.4, -0.2) is 51.5 Å². The average Bonchev–Trinajstić information content (AvgIpc) is 2.68. The number of hydrogen-bond donors (Lipinski definition) is 2. The lowest BCUT2D eigenvalue weighted by Gasteiger charge is -2.45. The predicted octanol–water partition coefficient (Wildman–Crippen LogP) is 1.82. The summed E-state index contributed by atoms with van der Waals surface area (Å²) in [7, 11) is -3.92.